The monoisotopic (exact) mass is 225 g/mol. The van der Waals surface area contributed by atoms with Gasteiger partial charge in [0.05, 0.1) is 0 Å². The Morgan fingerprint density at radius 2 is 1.88 bits per heavy atom. The first-order valence-electron chi connectivity index (χ1n) is 5.00. The fraction of sp³-hybridized carbons (Fsp3) is 0.545. The summed E-state index contributed by atoms with van der Waals surface area (Å²) in [6, 6.07) is 0. The Bertz CT molecular complexity index is 393. The van der Waals surface area contributed by atoms with Crippen molar-refractivity contribution >= 4 is 17.6 Å². The van der Waals surface area contributed by atoms with Gasteiger partial charge in [-0.1, -0.05) is 13.8 Å². The molecule has 0 saturated carbocycles. The van der Waals surface area contributed by atoms with Crippen LogP contribution in [0.4, 0.5) is 0 Å². The summed E-state index contributed by atoms with van der Waals surface area (Å²) in [5.41, 5.74) is -0.629. The topological polar surface area (TPSA) is 83.5 Å². The van der Waals surface area contributed by atoms with Crippen LogP contribution in [0.3, 0.4) is 0 Å². The van der Waals surface area contributed by atoms with Gasteiger partial charge in [-0.2, -0.15) is 0 Å². The zero-order valence-corrected chi connectivity index (χ0v) is 9.59. The number of nitrogens with one attached hydrogen (secondary N) is 1. The number of amides is 2. The first kappa shape index (κ1) is 12.4. The molecule has 2 N–H and O–H groups in total. The number of carbonyl (C=O) groups is 3. The van der Waals surface area contributed by atoms with Crippen molar-refractivity contribution in [3.63, 3.8) is 0 Å². The number of aliphatic hydroxyl groups is 1. The van der Waals surface area contributed by atoms with Gasteiger partial charge in [0, 0.05) is 19.8 Å². The third-order valence-corrected chi connectivity index (χ3v) is 2.37. The Kier molecular flexibility index (Phi) is 3.16. The Morgan fingerprint density at radius 3 is 2.31 bits per heavy atom. The number of aliphatic hydroxyl groups excluding tert-OH is 1. The molecule has 5 nitrogen and oxygen atoms in total. The predicted molar refractivity (Wildman–Crippen MR) is 56.5 cm³/mol. The van der Waals surface area contributed by atoms with Gasteiger partial charge in [0.1, 0.15) is 11.3 Å². The first-order valence-corrected chi connectivity index (χ1v) is 5.00. The summed E-state index contributed by atoms with van der Waals surface area (Å²) in [7, 11) is 0. The van der Waals surface area contributed by atoms with Gasteiger partial charge in [-0.25, -0.2) is 0 Å². The highest BCUT2D eigenvalue weighted by molar-refractivity contribution is 6.23. The molecule has 0 fully saturated rings. The second kappa shape index (κ2) is 4.08. The maximum Gasteiger partial charge on any atom is 0.264 e. The summed E-state index contributed by atoms with van der Waals surface area (Å²) in [6.07, 6.45) is 0.455. The molecule has 0 unspecified atom stereocenters. The molecule has 5 heteroatoms. The first-order chi connectivity index (χ1) is 7.23. The lowest BCUT2D eigenvalue weighted by molar-refractivity contribution is -0.129. The number of carbonyl (C=O) groups excluding carboxylic acids is 3. The van der Waals surface area contributed by atoms with E-state index >= 15 is 0 Å². The van der Waals surface area contributed by atoms with Crippen molar-refractivity contribution in [2.24, 2.45) is 5.41 Å². The van der Waals surface area contributed by atoms with E-state index in [-0.39, 0.29) is 29.6 Å². The van der Waals surface area contributed by atoms with Gasteiger partial charge < -0.3 is 5.11 Å². The van der Waals surface area contributed by atoms with Crippen molar-refractivity contribution in [3.05, 3.63) is 11.3 Å². The molecule has 0 spiro atoms. The second-order valence-corrected chi connectivity index (χ2v) is 4.77. The van der Waals surface area contributed by atoms with Gasteiger partial charge in [0.15, 0.2) is 5.78 Å². The lowest BCUT2D eigenvalue weighted by Gasteiger charge is -2.28. The van der Waals surface area contributed by atoms with Crippen LogP contribution in [0.5, 0.6) is 0 Å². The van der Waals surface area contributed by atoms with Crippen molar-refractivity contribution in [1.29, 1.82) is 0 Å². The zero-order chi connectivity index (χ0) is 12.5. The number of imide groups is 1. The van der Waals surface area contributed by atoms with Crippen LogP contribution in [-0.4, -0.2) is 22.7 Å². The average Bonchev–Trinajstić information content (AvgIpc) is 1.96. The third kappa shape index (κ3) is 2.68. The molecule has 0 aromatic rings. The molecule has 1 aliphatic rings. The fourth-order valence-electron chi connectivity index (χ4n) is 1.77. The van der Waals surface area contributed by atoms with Crippen molar-refractivity contribution in [1.82, 2.24) is 5.32 Å². The quantitative estimate of drug-likeness (QED) is 0.648. The van der Waals surface area contributed by atoms with E-state index < -0.39 is 17.6 Å². The molecule has 2 amide bonds. The summed E-state index contributed by atoms with van der Waals surface area (Å²) in [5.74, 6) is -2.03. The largest absolute Gasteiger partial charge is 0.511 e. The summed E-state index contributed by atoms with van der Waals surface area (Å²) in [6.45, 7) is 4.84. The second-order valence-electron chi connectivity index (χ2n) is 4.77. The van der Waals surface area contributed by atoms with Gasteiger partial charge >= 0.3 is 0 Å². The fourth-order valence-corrected chi connectivity index (χ4v) is 1.77. The Morgan fingerprint density at radius 1 is 1.31 bits per heavy atom. The molecule has 16 heavy (non-hydrogen) atoms. The highest BCUT2D eigenvalue weighted by Crippen LogP contribution is 2.35. The van der Waals surface area contributed by atoms with Crippen molar-refractivity contribution in [3.8, 4) is 0 Å². The van der Waals surface area contributed by atoms with Crippen LogP contribution < -0.4 is 5.32 Å². The van der Waals surface area contributed by atoms with Gasteiger partial charge in [0.2, 0.25) is 5.91 Å². The van der Waals surface area contributed by atoms with Gasteiger partial charge in [-0.15, -0.1) is 0 Å². The van der Waals surface area contributed by atoms with Crippen LogP contribution in [-0.2, 0) is 14.4 Å². The van der Waals surface area contributed by atoms with Gasteiger partial charge in [-0.3, -0.25) is 19.7 Å². The maximum atomic E-state index is 11.7. The number of allylic oxidation sites excluding steroid dienone is 1. The lowest BCUT2D eigenvalue weighted by atomic mass is 9.76. The molecule has 0 aliphatic heterocycles. The molecule has 1 aliphatic carbocycles. The Hall–Kier alpha value is -1.65. The highest BCUT2D eigenvalue weighted by Gasteiger charge is 2.36. The van der Waals surface area contributed by atoms with Crippen molar-refractivity contribution < 1.29 is 19.5 Å². The molecule has 88 valence electrons. The predicted octanol–water partition coefficient (Wildman–Crippen LogP) is 0.850. The van der Waals surface area contributed by atoms with E-state index in [2.05, 4.69) is 0 Å². The zero-order valence-electron chi connectivity index (χ0n) is 9.59. The Balaban J connectivity index is 2.99. The molecular weight excluding hydrogens is 210 g/mol. The summed E-state index contributed by atoms with van der Waals surface area (Å²) < 4.78 is 0. The minimum Gasteiger partial charge on any atom is -0.511 e. The van der Waals surface area contributed by atoms with E-state index in [0.29, 0.717) is 0 Å². The molecule has 0 atom stereocenters. The number of Topliss-reactive ketones (excluding diaryl/α,β-unsaturated/α-hetero) is 1. The minimum absolute atomic E-state index is 0.192. The molecule has 0 bridgehead atoms. The normalized spacial score (nSPS) is 19.6. The molecule has 0 radical (unpaired) electrons. The van der Waals surface area contributed by atoms with Gasteiger partial charge in [0.25, 0.3) is 5.91 Å². The summed E-state index contributed by atoms with van der Waals surface area (Å²) >= 11 is 0. The Labute approximate surface area is 93.5 Å². The standard InChI is InChI=1S/C11H15NO4/c1-6(13)12-10(16)9-7(14)4-11(2,3)5-8(9)15/h14H,4-5H2,1-3H3,(H,12,13,16). The lowest BCUT2D eigenvalue weighted by Crippen LogP contribution is -2.37. The van der Waals surface area contributed by atoms with Crippen LogP contribution >= 0.6 is 0 Å². The van der Waals surface area contributed by atoms with Crippen LogP contribution in [0.15, 0.2) is 11.3 Å². The van der Waals surface area contributed by atoms with Crippen LogP contribution in [0.25, 0.3) is 0 Å². The molecular formula is C11H15NO4. The van der Waals surface area contributed by atoms with Crippen molar-refractivity contribution in [2.45, 2.75) is 33.6 Å². The van der Waals surface area contributed by atoms with E-state index in [9.17, 15) is 19.5 Å². The number of ketones is 1. The van der Waals surface area contributed by atoms with Crippen LogP contribution in [0.1, 0.15) is 33.6 Å². The van der Waals surface area contributed by atoms with E-state index in [1.165, 1.54) is 6.92 Å². The summed E-state index contributed by atoms with van der Waals surface area (Å²) in [5, 5.41) is 11.6. The SMILES string of the molecule is CC(=O)NC(=O)C1=C(O)CC(C)(C)CC1=O. The molecule has 0 aromatic heterocycles. The van der Waals surface area contributed by atoms with E-state index in [0.717, 1.165) is 0 Å². The molecule has 1 rings (SSSR count). The molecule has 0 heterocycles. The smallest absolute Gasteiger partial charge is 0.264 e. The highest BCUT2D eigenvalue weighted by atomic mass is 16.3. The number of hydrogen-bond donors (Lipinski definition) is 2. The maximum absolute atomic E-state index is 11.7. The third-order valence-electron chi connectivity index (χ3n) is 2.37. The van der Waals surface area contributed by atoms with Crippen LogP contribution in [0.2, 0.25) is 0 Å². The van der Waals surface area contributed by atoms with E-state index in [1.54, 1.807) is 0 Å². The van der Waals surface area contributed by atoms with E-state index in [1.807, 2.05) is 19.2 Å². The minimum atomic E-state index is -0.814. The summed E-state index contributed by atoms with van der Waals surface area (Å²) in [4.78, 5) is 33.8. The molecule has 0 saturated heterocycles. The number of rotatable bonds is 1. The number of hydrogen-bond acceptors (Lipinski definition) is 4. The van der Waals surface area contributed by atoms with E-state index in [4.69, 9.17) is 0 Å². The molecule has 0 aromatic carbocycles. The van der Waals surface area contributed by atoms with Crippen LogP contribution in [0, 0.1) is 5.41 Å². The van der Waals surface area contributed by atoms with Crippen molar-refractivity contribution in [2.75, 3.05) is 0 Å². The average molecular weight is 225 g/mol. The van der Waals surface area contributed by atoms with Gasteiger partial charge in [-0.05, 0) is 5.41 Å².